The monoisotopic (exact) mass is 192 g/mol. The molecule has 3 nitrogen and oxygen atoms in total. The molecule has 1 atom stereocenters. The predicted molar refractivity (Wildman–Crippen MR) is 51.6 cm³/mol. The first-order valence-electron chi connectivity index (χ1n) is 4.35. The second-order valence-corrected chi connectivity index (χ2v) is 2.94. The van der Waals surface area contributed by atoms with E-state index in [9.17, 15) is 4.79 Å². The van der Waals surface area contributed by atoms with Crippen LogP contribution in [0, 0.1) is 0 Å². The van der Waals surface area contributed by atoms with E-state index in [4.69, 9.17) is 0 Å². The predicted octanol–water partition coefficient (Wildman–Crippen LogP) is 0.686. The van der Waals surface area contributed by atoms with Crippen LogP contribution in [0.2, 0.25) is 0 Å². The molecule has 1 unspecified atom stereocenters. The van der Waals surface area contributed by atoms with Crippen LogP contribution in [0.1, 0.15) is 26.2 Å². The van der Waals surface area contributed by atoms with E-state index in [-0.39, 0.29) is 24.4 Å². The maximum Gasteiger partial charge on any atom is 0.237 e. The maximum absolute atomic E-state index is 11.2. The molecule has 1 saturated heterocycles. The third-order valence-electron chi connectivity index (χ3n) is 1.93. The molecule has 2 N–H and O–H groups in total. The number of nitrogens with one attached hydrogen (secondary N) is 2. The molecule has 0 aliphatic carbocycles. The summed E-state index contributed by atoms with van der Waals surface area (Å²) in [6.07, 6.45) is 3.14. The van der Waals surface area contributed by atoms with Crippen molar-refractivity contribution < 1.29 is 4.79 Å². The summed E-state index contributed by atoms with van der Waals surface area (Å²) in [7, 11) is 0. The molecule has 0 aromatic rings. The van der Waals surface area contributed by atoms with Gasteiger partial charge in [-0.1, -0.05) is 6.92 Å². The zero-order valence-corrected chi connectivity index (χ0v) is 8.25. The molecule has 0 radical (unpaired) electrons. The highest BCUT2D eigenvalue weighted by Crippen LogP contribution is 2.03. The number of rotatable bonds is 3. The SMILES string of the molecule is CCCNC(=O)C1CCCN1.Cl. The van der Waals surface area contributed by atoms with Crippen LogP contribution in [0.3, 0.4) is 0 Å². The Balaban J connectivity index is 0.00000121. The molecule has 0 bridgehead atoms. The Hall–Kier alpha value is -0.280. The smallest absolute Gasteiger partial charge is 0.237 e. The summed E-state index contributed by atoms with van der Waals surface area (Å²) in [5.41, 5.74) is 0. The van der Waals surface area contributed by atoms with Gasteiger partial charge in [-0.05, 0) is 25.8 Å². The van der Waals surface area contributed by atoms with E-state index in [1.54, 1.807) is 0 Å². The van der Waals surface area contributed by atoms with Gasteiger partial charge in [0.1, 0.15) is 0 Å². The van der Waals surface area contributed by atoms with Gasteiger partial charge >= 0.3 is 0 Å². The van der Waals surface area contributed by atoms with Gasteiger partial charge in [0.05, 0.1) is 6.04 Å². The van der Waals surface area contributed by atoms with Crippen LogP contribution in [-0.2, 0) is 4.79 Å². The number of carbonyl (C=O) groups is 1. The van der Waals surface area contributed by atoms with Crippen molar-refractivity contribution in [1.82, 2.24) is 10.6 Å². The molecule has 72 valence electrons. The molecule has 1 aliphatic rings. The Morgan fingerprint density at radius 1 is 1.67 bits per heavy atom. The van der Waals surface area contributed by atoms with Crippen molar-refractivity contribution in [3.63, 3.8) is 0 Å². The lowest BCUT2D eigenvalue weighted by molar-refractivity contribution is -0.122. The van der Waals surface area contributed by atoms with Gasteiger partial charge < -0.3 is 10.6 Å². The van der Waals surface area contributed by atoms with E-state index < -0.39 is 0 Å². The molecule has 1 heterocycles. The molecular formula is C8H17ClN2O. The second-order valence-electron chi connectivity index (χ2n) is 2.94. The lowest BCUT2D eigenvalue weighted by Crippen LogP contribution is -2.40. The molecule has 4 heteroatoms. The van der Waals surface area contributed by atoms with Gasteiger partial charge in [-0.15, -0.1) is 12.4 Å². The molecule has 1 rings (SSSR count). The topological polar surface area (TPSA) is 41.1 Å². The average Bonchev–Trinajstić information content (AvgIpc) is 2.52. The van der Waals surface area contributed by atoms with Gasteiger partial charge in [0.25, 0.3) is 0 Å². The van der Waals surface area contributed by atoms with E-state index in [2.05, 4.69) is 17.6 Å². The summed E-state index contributed by atoms with van der Waals surface area (Å²) < 4.78 is 0. The average molecular weight is 193 g/mol. The van der Waals surface area contributed by atoms with Crippen LogP contribution in [0.4, 0.5) is 0 Å². The normalized spacial score (nSPS) is 21.6. The highest BCUT2D eigenvalue weighted by molar-refractivity contribution is 5.85. The lowest BCUT2D eigenvalue weighted by Gasteiger charge is -2.09. The van der Waals surface area contributed by atoms with Crippen LogP contribution in [0.15, 0.2) is 0 Å². The Morgan fingerprint density at radius 2 is 2.42 bits per heavy atom. The molecule has 12 heavy (non-hydrogen) atoms. The van der Waals surface area contributed by atoms with Crippen LogP contribution in [-0.4, -0.2) is 25.0 Å². The third-order valence-corrected chi connectivity index (χ3v) is 1.93. The molecule has 1 fully saturated rings. The number of amides is 1. The summed E-state index contributed by atoms with van der Waals surface area (Å²) in [5, 5.41) is 6.03. The van der Waals surface area contributed by atoms with E-state index in [0.29, 0.717) is 0 Å². The first kappa shape index (κ1) is 11.7. The minimum Gasteiger partial charge on any atom is -0.355 e. The van der Waals surface area contributed by atoms with Crippen LogP contribution < -0.4 is 10.6 Å². The highest BCUT2D eigenvalue weighted by Gasteiger charge is 2.20. The second kappa shape index (κ2) is 6.26. The molecule has 0 aromatic carbocycles. The van der Waals surface area contributed by atoms with Crippen LogP contribution in [0.5, 0.6) is 0 Å². The fourth-order valence-electron chi connectivity index (χ4n) is 1.28. The molecule has 0 saturated carbocycles. The van der Waals surface area contributed by atoms with E-state index in [1.165, 1.54) is 0 Å². The van der Waals surface area contributed by atoms with Crippen molar-refractivity contribution in [1.29, 1.82) is 0 Å². The Kier molecular flexibility index (Phi) is 6.11. The fourth-order valence-corrected chi connectivity index (χ4v) is 1.28. The van der Waals surface area contributed by atoms with Gasteiger partial charge in [-0.3, -0.25) is 4.79 Å². The molecule has 1 amide bonds. The van der Waals surface area contributed by atoms with E-state index in [1.807, 2.05) is 0 Å². The molecular weight excluding hydrogens is 176 g/mol. The van der Waals surface area contributed by atoms with Crippen LogP contribution >= 0.6 is 12.4 Å². The van der Waals surface area contributed by atoms with Crippen molar-refractivity contribution in [2.24, 2.45) is 0 Å². The van der Waals surface area contributed by atoms with E-state index in [0.717, 1.165) is 32.4 Å². The highest BCUT2D eigenvalue weighted by atomic mass is 35.5. The lowest BCUT2D eigenvalue weighted by atomic mass is 10.2. The van der Waals surface area contributed by atoms with Crippen molar-refractivity contribution >= 4 is 18.3 Å². The Bertz CT molecular complexity index is 135. The van der Waals surface area contributed by atoms with Crippen molar-refractivity contribution in [2.45, 2.75) is 32.2 Å². The first-order valence-corrected chi connectivity index (χ1v) is 4.35. The largest absolute Gasteiger partial charge is 0.355 e. The first-order chi connectivity index (χ1) is 5.34. The Morgan fingerprint density at radius 3 is 2.92 bits per heavy atom. The molecule has 0 aromatic heterocycles. The third kappa shape index (κ3) is 3.41. The minimum atomic E-state index is 0. The summed E-state index contributed by atoms with van der Waals surface area (Å²) >= 11 is 0. The molecule has 0 spiro atoms. The van der Waals surface area contributed by atoms with Crippen molar-refractivity contribution in [2.75, 3.05) is 13.1 Å². The number of halogens is 1. The summed E-state index contributed by atoms with van der Waals surface area (Å²) in [6, 6.07) is 0.0848. The van der Waals surface area contributed by atoms with Gasteiger partial charge in [0, 0.05) is 6.54 Å². The van der Waals surface area contributed by atoms with Gasteiger partial charge in [0.15, 0.2) is 0 Å². The minimum absolute atomic E-state index is 0. The van der Waals surface area contributed by atoms with Gasteiger partial charge in [0.2, 0.25) is 5.91 Å². The Labute approximate surface area is 79.7 Å². The summed E-state index contributed by atoms with van der Waals surface area (Å²) in [5.74, 6) is 0.171. The van der Waals surface area contributed by atoms with Crippen LogP contribution in [0.25, 0.3) is 0 Å². The number of hydrogen-bond donors (Lipinski definition) is 2. The zero-order valence-electron chi connectivity index (χ0n) is 7.43. The number of hydrogen-bond acceptors (Lipinski definition) is 2. The fraction of sp³-hybridized carbons (Fsp3) is 0.875. The van der Waals surface area contributed by atoms with E-state index >= 15 is 0 Å². The summed E-state index contributed by atoms with van der Waals surface area (Å²) in [4.78, 5) is 11.2. The maximum atomic E-state index is 11.2. The van der Waals surface area contributed by atoms with Crippen molar-refractivity contribution in [3.8, 4) is 0 Å². The van der Waals surface area contributed by atoms with Gasteiger partial charge in [-0.2, -0.15) is 0 Å². The molecule has 1 aliphatic heterocycles. The standard InChI is InChI=1S/C8H16N2O.ClH/c1-2-5-10-8(11)7-4-3-6-9-7;/h7,9H,2-6H2,1H3,(H,10,11);1H. The quantitative estimate of drug-likeness (QED) is 0.691. The summed E-state index contributed by atoms with van der Waals surface area (Å²) in [6.45, 7) is 3.85. The van der Waals surface area contributed by atoms with Crippen molar-refractivity contribution in [3.05, 3.63) is 0 Å². The van der Waals surface area contributed by atoms with Gasteiger partial charge in [-0.25, -0.2) is 0 Å². The number of carbonyl (C=O) groups excluding carboxylic acids is 1. The zero-order chi connectivity index (χ0) is 8.10.